The van der Waals surface area contributed by atoms with Gasteiger partial charge in [-0.3, -0.25) is 0 Å². The Morgan fingerprint density at radius 3 is 2.03 bits per heavy atom. The van der Waals surface area contributed by atoms with Gasteiger partial charge in [-0.15, -0.1) is 0 Å². The molecule has 0 bridgehead atoms. The predicted molar refractivity (Wildman–Crippen MR) is 123 cm³/mol. The van der Waals surface area contributed by atoms with Crippen LogP contribution in [0.1, 0.15) is 45.2 Å². The van der Waals surface area contributed by atoms with Gasteiger partial charge in [-0.1, -0.05) is 60.7 Å². The molecule has 0 radical (unpaired) electrons. The summed E-state index contributed by atoms with van der Waals surface area (Å²) in [5.74, 6) is 0. The highest BCUT2D eigenvalue weighted by Gasteiger charge is 2.43. The van der Waals surface area contributed by atoms with Crippen molar-refractivity contribution in [3.8, 4) is 0 Å². The van der Waals surface area contributed by atoms with Crippen LogP contribution in [0, 0.1) is 0 Å². The van der Waals surface area contributed by atoms with E-state index in [0.717, 1.165) is 11.1 Å². The van der Waals surface area contributed by atoms with Crippen molar-refractivity contribution in [2.24, 2.45) is 5.73 Å². The number of carbonyl (C=O) groups excluding carboxylic acids is 1. The van der Waals surface area contributed by atoms with Crippen LogP contribution in [0.3, 0.4) is 0 Å². The monoisotopic (exact) mass is 428 g/mol. The van der Waals surface area contributed by atoms with E-state index in [1.807, 2.05) is 60.7 Å². The van der Waals surface area contributed by atoms with Crippen LogP contribution >= 0.6 is 0 Å². The second-order valence-corrected chi connectivity index (χ2v) is 9.24. The average molecular weight is 429 g/mol. The highest BCUT2D eigenvalue weighted by atomic mass is 16.6. The molecule has 2 aromatic carbocycles. The molecule has 0 saturated carbocycles. The number of amides is 1. The lowest BCUT2D eigenvalue weighted by Crippen LogP contribution is -2.65. The summed E-state index contributed by atoms with van der Waals surface area (Å²) in [5.41, 5.74) is 6.12. The third kappa shape index (κ3) is 7.98. The van der Waals surface area contributed by atoms with E-state index in [1.54, 1.807) is 27.7 Å². The number of hydrogen-bond acceptors (Lipinski definition) is 5. The lowest BCUT2D eigenvalue weighted by Gasteiger charge is -2.40. The van der Waals surface area contributed by atoms with Crippen LogP contribution < -0.4 is 11.1 Å². The number of ether oxygens (including phenoxy) is 1. The molecule has 170 valence electrons. The van der Waals surface area contributed by atoms with Crippen molar-refractivity contribution >= 4 is 6.09 Å². The summed E-state index contributed by atoms with van der Waals surface area (Å²) >= 11 is 0. The van der Waals surface area contributed by atoms with Crippen molar-refractivity contribution in [2.75, 3.05) is 0 Å². The largest absolute Gasteiger partial charge is 0.444 e. The smallest absolute Gasteiger partial charge is 0.408 e. The van der Waals surface area contributed by atoms with E-state index in [9.17, 15) is 15.0 Å². The van der Waals surface area contributed by atoms with Gasteiger partial charge < -0.3 is 26.0 Å². The Balaban J connectivity index is 2.18. The Labute approximate surface area is 185 Å². The number of nitrogens with one attached hydrogen (secondary N) is 1. The number of alkyl carbamates (subject to hydrolysis) is 1. The predicted octanol–water partition coefficient (Wildman–Crippen LogP) is 3.19. The molecule has 2 aromatic rings. The van der Waals surface area contributed by atoms with Crippen molar-refractivity contribution in [2.45, 2.75) is 76.3 Å². The second-order valence-electron chi connectivity index (χ2n) is 9.24. The van der Waals surface area contributed by atoms with Crippen molar-refractivity contribution in [1.29, 1.82) is 0 Å². The van der Waals surface area contributed by atoms with Crippen molar-refractivity contribution in [3.63, 3.8) is 0 Å². The first-order chi connectivity index (χ1) is 14.5. The summed E-state index contributed by atoms with van der Waals surface area (Å²) in [6.45, 7) is 6.82. The molecular weight excluding hydrogens is 392 g/mol. The molecule has 2 rings (SSSR count). The van der Waals surface area contributed by atoms with Crippen LogP contribution in [0.4, 0.5) is 4.79 Å². The molecule has 6 nitrogen and oxygen atoms in total. The summed E-state index contributed by atoms with van der Waals surface area (Å²) < 4.78 is 5.36. The normalized spacial score (nSPS) is 16.6. The van der Waals surface area contributed by atoms with Crippen molar-refractivity contribution in [1.82, 2.24) is 5.32 Å². The first-order valence-corrected chi connectivity index (χ1v) is 10.7. The third-order valence-corrected chi connectivity index (χ3v) is 5.31. The van der Waals surface area contributed by atoms with Gasteiger partial charge in [-0.2, -0.15) is 0 Å². The number of aryl methyl sites for hydroxylation is 1. The third-order valence-electron chi connectivity index (χ3n) is 5.31. The van der Waals surface area contributed by atoms with Crippen LogP contribution in [0.5, 0.6) is 0 Å². The van der Waals surface area contributed by atoms with Crippen LogP contribution in [0.2, 0.25) is 0 Å². The summed E-state index contributed by atoms with van der Waals surface area (Å²) in [6.07, 6.45) is -0.392. The Bertz CT molecular complexity index is 803. The SMILES string of the molecule is CC(C)(C)OC(=O)NC(C(O)CCc1ccccc1)C(C)(O)C(N)Cc1ccccc1. The first-order valence-electron chi connectivity index (χ1n) is 10.7. The molecule has 0 aliphatic rings. The summed E-state index contributed by atoms with van der Waals surface area (Å²) in [4.78, 5) is 12.5. The van der Waals surface area contributed by atoms with E-state index >= 15 is 0 Å². The minimum Gasteiger partial charge on any atom is -0.444 e. The number of carbonyl (C=O) groups is 1. The molecule has 0 aromatic heterocycles. The van der Waals surface area contributed by atoms with E-state index in [-0.39, 0.29) is 0 Å². The summed E-state index contributed by atoms with van der Waals surface area (Å²) in [5, 5.41) is 25.0. The topological polar surface area (TPSA) is 105 Å². The number of rotatable bonds is 9. The maximum Gasteiger partial charge on any atom is 0.408 e. The standard InChI is InChI=1S/C25H36N2O4/c1-24(2,3)31-23(29)27-22(20(28)16-15-18-11-7-5-8-12-18)25(4,30)21(26)17-19-13-9-6-10-14-19/h5-14,20-22,28,30H,15-17,26H2,1-4H3,(H,27,29). The number of hydrogen-bond donors (Lipinski definition) is 4. The van der Waals surface area contributed by atoms with Gasteiger partial charge in [0.25, 0.3) is 0 Å². The van der Waals surface area contributed by atoms with Gasteiger partial charge in [0.1, 0.15) is 5.60 Å². The Hall–Kier alpha value is -2.41. The molecule has 0 heterocycles. The number of aliphatic hydroxyl groups is 2. The van der Waals surface area contributed by atoms with Gasteiger partial charge in [0.2, 0.25) is 0 Å². The van der Waals surface area contributed by atoms with Crippen LogP contribution in [-0.4, -0.2) is 45.7 Å². The van der Waals surface area contributed by atoms with Gasteiger partial charge >= 0.3 is 6.09 Å². The van der Waals surface area contributed by atoms with Crippen molar-refractivity contribution < 1.29 is 19.7 Å². The molecule has 4 unspecified atom stereocenters. The molecule has 0 fully saturated rings. The Kier molecular flexibility index (Phi) is 8.62. The zero-order valence-electron chi connectivity index (χ0n) is 18.9. The zero-order chi connectivity index (χ0) is 23.1. The number of benzene rings is 2. The van der Waals surface area contributed by atoms with Crippen molar-refractivity contribution in [3.05, 3.63) is 71.8 Å². The Morgan fingerprint density at radius 2 is 1.52 bits per heavy atom. The Morgan fingerprint density at radius 1 is 1.00 bits per heavy atom. The first kappa shape index (κ1) is 24.9. The fourth-order valence-electron chi connectivity index (χ4n) is 3.50. The molecule has 0 aliphatic heterocycles. The minimum absolute atomic E-state index is 0.346. The van der Waals surface area contributed by atoms with E-state index in [1.165, 1.54) is 0 Å². The fraction of sp³-hybridized carbons (Fsp3) is 0.480. The lowest BCUT2D eigenvalue weighted by molar-refractivity contribution is -0.0549. The van der Waals surface area contributed by atoms with Crippen LogP contribution in [-0.2, 0) is 17.6 Å². The number of nitrogens with two attached hydrogens (primary N) is 1. The molecule has 31 heavy (non-hydrogen) atoms. The van der Waals surface area contributed by atoms with E-state index in [4.69, 9.17) is 10.5 Å². The van der Waals surface area contributed by atoms with Gasteiger partial charge in [-0.05, 0) is 58.1 Å². The molecule has 5 N–H and O–H groups in total. The lowest BCUT2D eigenvalue weighted by atomic mass is 9.81. The molecule has 1 amide bonds. The average Bonchev–Trinajstić information content (AvgIpc) is 2.70. The molecule has 4 atom stereocenters. The van der Waals surface area contributed by atoms with E-state index < -0.39 is 35.5 Å². The van der Waals surface area contributed by atoms with E-state index in [0.29, 0.717) is 19.3 Å². The van der Waals surface area contributed by atoms with Gasteiger partial charge in [0, 0.05) is 6.04 Å². The summed E-state index contributed by atoms with van der Waals surface area (Å²) in [6, 6.07) is 17.6. The maximum atomic E-state index is 12.5. The molecule has 0 saturated heterocycles. The van der Waals surface area contributed by atoms with Crippen LogP contribution in [0.15, 0.2) is 60.7 Å². The summed E-state index contributed by atoms with van der Waals surface area (Å²) in [7, 11) is 0. The quantitative estimate of drug-likeness (QED) is 0.491. The molecular formula is C25H36N2O4. The van der Waals surface area contributed by atoms with Crippen LogP contribution in [0.25, 0.3) is 0 Å². The highest BCUT2D eigenvalue weighted by Crippen LogP contribution is 2.23. The number of aliphatic hydroxyl groups excluding tert-OH is 1. The fourth-order valence-corrected chi connectivity index (χ4v) is 3.50. The minimum atomic E-state index is -1.58. The molecule has 6 heteroatoms. The zero-order valence-corrected chi connectivity index (χ0v) is 18.9. The second kappa shape index (κ2) is 10.8. The van der Waals surface area contributed by atoms with Gasteiger partial charge in [0.05, 0.1) is 17.7 Å². The highest BCUT2D eigenvalue weighted by molar-refractivity contribution is 5.68. The maximum absolute atomic E-state index is 12.5. The molecule has 0 spiro atoms. The van der Waals surface area contributed by atoms with Gasteiger partial charge in [-0.25, -0.2) is 4.79 Å². The van der Waals surface area contributed by atoms with E-state index in [2.05, 4.69) is 5.32 Å². The molecule has 0 aliphatic carbocycles. The van der Waals surface area contributed by atoms with Gasteiger partial charge in [0.15, 0.2) is 0 Å².